The van der Waals surface area contributed by atoms with Gasteiger partial charge < -0.3 is 0 Å². The molecule has 74 valence electrons. The van der Waals surface area contributed by atoms with Gasteiger partial charge in [-0.05, 0) is 18.6 Å². The van der Waals surface area contributed by atoms with Crippen LogP contribution in [0.2, 0.25) is 5.02 Å². The summed E-state index contributed by atoms with van der Waals surface area (Å²) < 4.78 is 26.5. The molecule has 0 fully saturated rings. The fraction of sp³-hybridized carbons (Fsp3) is 0.222. The summed E-state index contributed by atoms with van der Waals surface area (Å²) in [5.41, 5.74) is -0.0918. The van der Waals surface area contributed by atoms with Crippen molar-refractivity contribution >= 4 is 17.7 Å². The molecule has 0 aliphatic heterocycles. The Morgan fingerprint density at radius 3 is 2.71 bits per heavy atom. The lowest BCUT2D eigenvalue weighted by molar-refractivity contribution is 0.546. The van der Waals surface area contributed by atoms with E-state index in [0.717, 1.165) is 0 Å². The zero-order valence-electron chi connectivity index (χ0n) is 7.27. The quantitative estimate of drug-likeness (QED) is 0.426. The number of aryl methyl sites for hydroxylation is 1. The molecule has 5 heteroatoms. The maximum Gasteiger partial charge on any atom is 0.235 e. The van der Waals surface area contributed by atoms with Crippen LogP contribution in [0, 0.1) is 18.6 Å². The Kier molecular flexibility index (Phi) is 3.33. The molecule has 0 spiro atoms. The summed E-state index contributed by atoms with van der Waals surface area (Å²) in [6.45, 7) is 1.07. The molecule has 0 saturated heterocycles. The van der Waals surface area contributed by atoms with Gasteiger partial charge in [0.1, 0.15) is 11.6 Å². The van der Waals surface area contributed by atoms with E-state index in [2.05, 4.69) is 4.99 Å². The second kappa shape index (κ2) is 4.31. The van der Waals surface area contributed by atoms with Gasteiger partial charge in [-0.15, -0.1) is 0 Å². The van der Waals surface area contributed by atoms with E-state index >= 15 is 0 Å². The summed E-state index contributed by atoms with van der Waals surface area (Å²) in [6, 6.07) is 1.18. The summed E-state index contributed by atoms with van der Waals surface area (Å²) >= 11 is 5.49. The predicted molar refractivity (Wildman–Crippen MR) is 47.9 cm³/mol. The van der Waals surface area contributed by atoms with Gasteiger partial charge in [0.2, 0.25) is 6.08 Å². The van der Waals surface area contributed by atoms with Gasteiger partial charge >= 0.3 is 0 Å². The molecule has 0 unspecified atom stereocenters. The van der Waals surface area contributed by atoms with E-state index in [4.69, 9.17) is 11.6 Å². The number of halogens is 3. The van der Waals surface area contributed by atoms with Crippen molar-refractivity contribution in [3.63, 3.8) is 0 Å². The van der Waals surface area contributed by atoms with E-state index in [-0.39, 0.29) is 22.7 Å². The van der Waals surface area contributed by atoms with E-state index in [1.165, 1.54) is 19.1 Å². The Balaban J connectivity index is 3.31. The number of aliphatic imine (C=N–C) groups is 1. The van der Waals surface area contributed by atoms with Gasteiger partial charge in [0.05, 0.1) is 11.6 Å². The zero-order chi connectivity index (χ0) is 10.7. The third-order valence-electron chi connectivity index (χ3n) is 1.73. The van der Waals surface area contributed by atoms with Gasteiger partial charge in [-0.2, -0.15) is 0 Å². The lowest BCUT2D eigenvalue weighted by atomic mass is 10.1. The van der Waals surface area contributed by atoms with Crippen molar-refractivity contribution in [3.8, 4) is 0 Å². The van der Waals surface area contributed by atoms with Crippen molar-refractivity contribution in [2.45, 2.75) is 13.5 Å². The normalized spacial score (nSPS) is 9.71. The largest absolute Gasteiger partial charge is 0.235 e. The highest BCUT2D eigenvalue weighted by Crippen LogP contribution is 2.24. The molecule has 0 aliphatic rings. The first-order chi connectivity index (χ1) is 6.57. The van der Waals surface area contributed by atoms with Crippen molar-refractivity contribution in [2.24, 2.45) is 4.99 Å². The number of carbonyl (C=O) groups excluding carboxylic acids is 1. The van der Waals surface area contributed by atoms with Crippen LogP contribution in [0.5, 0.6) is 0 Å². The van der Waals surface area contributed by atoms with Crippen LogP contribution >= 0.6 is 11.6 Å². The minimum absolute atomic E-state index is 0.181. The molecule has 1 rings (SSSR count). The molecule has 0 aromatic heterocycles. The van der Waals surface area contributed by atoms with E-state index in [0.29, 0.717) is 0 Å². The van der Waals surface area contributed by atoms with E-state index < -0.39 is 11.6 Å². The summed E-state index contributed by atoms with van der Waals surface area (Å²) in [7, 11) is 0. The highest BCUT2D eigenvalue weighted by Gasteiger charge is 2.14. The Bertz CT molecular complexity index is 388. The Morgan fingerprint density at radius 2 is 2.14 bits per heavy atom. The molecule has 2 nitrogen and oxygen atoms in total. The molecule has 0 N–H and O–H groups in total. The van der Waals surface area contributed by atoms with Gasteiger partial charge in [0, 0.05) is 5.56 Å². The minimum Gasteiger partial charge on any atom is -0.211 e. The van der Waals surface area contributed by atoms with Crippen molar-refractivity contribution in [1.82, 2.24) is 0 Å². The SMILES string of the molecule is Cc1cc(Cl)c(F)c(CN=C=O)c1F. The number of benzene rings is 1. The number of hydrogen-bond donors (Lipinski definition) is 0. The molecule has 0 heterocycles. The average Bonchev–Trinajstić information content (AvgIpc) is 2.15. The van der Waals surface area contributed by atoms with E-state index in [1.54, 1.807) is 0 Å². The zero-order valence-corrected chi connectivity index (χ0v) is 8.03. The van der Waals surface area contributed by atoms with Crippen molar-refractivity contribution in [2.75, 3.05) is 0 Å². The maximum atomic E-state index is 13.3. The highest BCUT2D eigenvalue weighted by molar-refractivity contribution is 6.30. The second-order valence-corrected chi connectivity index (χ2v) is 3.10. The van der Waals surface area contributed by atoms with Crippen LogP contribution in [-0.2, 0) is 11.3 Å². The second-order valence-electron chi connectivity index (χ2n) is 2.69. The standard InChI is InChI=1S/C9H6ClF2NO/c1-5-2-7(10)9(12)6(8(5)11)3-13-4-14/h2H,3H2,1H3. The predicted octanol–water partition coefficient (Wildman–Crippen LogP) is 2.76. The lowest BCUT2D eigenvalue weighted by Gasteiger charge is -2.05. The van der Waals surface area contributed by atoms with Crippen LogP contribution in [-0.4, -0.2) is 6.08 Å². The van der Waals surface area contributed by atoms with Gasteiger partial charge in [-0.1, -0.05) is 11.6 Å². The topological polar surface area (TPSA) is 29.4 Å². The Labute approximate surface area is 84.2 Å². The van der Waals surface area contributed by atoms with Crippen molar-refractivity contribution < 1.29 is 13.6 Å². The first-order valence-electron chi connectivity index (χ1n) is 3.74. The number of isocyanates is 1. The number of hydrogen-bond acceptors (Lipinski definition) is 2. The molecule has 0 bridgehead atoms. The molecular formula is C9H6ClF2NO. The molecule has 0 amide bonds. The first kappa shape index (κ1) is 10.8. The molecular weight excluding hydrogens is 212 g/mol. The van der Waals surface area contributed by atoms with E-state index in [9.17, 15) is 13.6 Å². The average molecular weight is 218 g/mol. The number of rotatable bonds is 2. The fourth-order valence-corrected chi connectivity index (χ4v) is 1.32. The van der Waals surface area contributed by atoms with Crippen LogP contribution < -0.4 is 0 Å². The highest BCUT2D eigenvalue weighted by atomic mass is 35.5. The van der Waals surface area contributed by atoms with Gasteiger partial charge in [0.15, 0.2) is 0 Å². The summed E-state index contributed by atoms with van der Waals surface area (Å²) in [5, 5.41) is -0.181. The lowest BCUT2D eigenvalue weighted by Crippen LogP contribution is -1.98. The Morgan fingerprint density at radius 1 is 1.50 bits per heavy atom. The third-order valence-corrected chi connectivity index (χ3v) is 2.01. The molecule has 0 radical (unpaired) electrons. The minimum atomic E-state index is -0.881. The van der Waals surface area contributed by atoms with Gasteiger partial charge in [-0.25, -0.2) is 18.6 Å². The van der Waals surface area contributed by atoms with Crippen molar-refractivity contribution in [1.29, 1.82) is 0 Å². The summed E-state index contributed by atoms with van der Waals surface area (Å²) in [5.74, 6) is -1.61. The van der Waals surface area contributed by atoms with Crippen LogP contribution in [0.15, 0.2) is 11.1 Å². The molecule has 0 saturated carbocycles. The number of nitrogens with zero attached hydrogens (tertiary/aromatic N) is 1. The molecule has 1 aromatic rings. The molecule has 0 atom stereocenters. The van der Waals surface area contributed by atoms with Crippen molar-refractivity contribution in [3.05, 3.63) is 33.9 Å². The monoisotopic (exact) mass is 217 g/mol. The van der Waals surface area contributed by atoms with Gasteiger partial charge in [-0.3, -0.25) is 0 Å². The van der Waals surface area contributed by atoms with E-state index in [1.807, 2.05) is 0 Å². The van der Waals surface area contributed by atoms with Crippen LogP contribution in [0.1, 0.15) is 11.1 Å². The molecule has 1 aromatic carbocycles. The van der Waals surface area contributed by atoms with Crippen LogP contribution in [0.4, 0.5) is 8.78 Å². The third kappa shape index (κ3) is 1.97. The first-order valence-corrected chi connectivity index (χ1v) is 4.12. The summed E-state index contributed by atoms with van der Waals surface area (Å²) in [6.07, 6.45) is 1.21. The smallest absolute Gasteiger partial charge is 0.211 e. The molecule has 14 heavy (non-hydrogen) atoms. The van der Waals surface area contributed by atoms with Crippen LogP contribution in [0.3, 0.4) is 0 Å². The maximum absolute atomic E-state index is 13.3. The molecule has 0 aliphatic carbocycles. The fourth-order valence-electron chi connectivity index (χ4n) is 1.05. The van der Waals surface area contributed by atoms with Crippen LogP contribution in [0.25, 0.3) is 0 Å². The van der Waals surface area contributed by atoms with Gasteiger partial charge in [0.25, 0.3) is 0 Å². The summed E-state index contributed by atoms with van der Waals surface area (Å²) in [4.78, 5) is 12.9. The Hall–Kier alpha value is -1.25.